The summed E-state index contributed by atoms with van der Waals surface area (Å²) < 4.78 is 1.87. The van der Waals surface area contributed by atoms with Crippen LogP contribution in [0.4, 0.5) is 0 Å². The van der Waals surface area contributed by atoms with Crippen molar-refractivity contribution >= 4 is 5.91 Å². The van der Waals surface area contributed by atoms with Crippen LogP contribution >= 0.6 is 0 Å². The average molecular weight is 250 g/mol. The minimum absolute atomic E-state index is 0.0704. The molecule has 0 unspecified atom stereocenters. The molecule has 0 spiro atoms. The Bertz CT molecular complexity index is 419. The van der Waals surface area contributed by atoms with Crippen molar-refractivity contribution in [2.24, 2.45) is 0 Å². The van der Waals surface area contributed by atoms with E-state index in [0.717, 1.165) is 45.0 Å². The fourth-order valence-corrected chi connectivity index (χ4v) is 2.36. The van der Waals surface area contributed by atoms with Gasteiger partial charge < -0.3 is 9.80 Å². The lowest BCUT2D eigenvalue weighted by molar-refractivity contribution is 0.0636. The number of carbonyl (C=O) groups is 1. The number of rotatable bonds is 3. The van der Waals surface area contributed by atoms with Gasteiger partial charge >= 0.3 is 0 Å². The molecular weight excluding hydrogens is 228 g/mol. The zero-order chi connectivity index (χ0) is 13.1. The Morgan fingerprint density at radius 1 is 1.22 bits per heavy atom. The van der Waals surface area contributed by atoms with Crippen LogP contribution in [-0.4, -0.2) is 58.2 Å². The van der Waals surface area contributed by atoms with Gasteiger partial charge in [0.15, 0.2) is 5.69 Å². The highest BCUT2D eigenvalue weighted by Crippen LogP contribution is 2.09. The highest BCUT2D eigenvalue weighted by atomic mass is 16.2. The van der Waals surface area contributed by atoms with Crippen LogP contribution in [0.25, 0.3) is 0 Å². The maximum atomic E-state index is 12.3. The molecule has 1 saturated heterocycles. The normalized spacial score (nSPS) is 17.2. The second-order valence-corrected chi connectivity index (χ2v) is 4.71. The van der Waals surface area contributed by atoms with Crippen molar-refractivity contribution in [2.75, 3.05) is 32.7 Å². The van der Waals surface area contributed by atoms with Crippen LogP contribution in [0.5, 0.6) is 0 Å². The minimum atomic E-state index is 0.0704. The van der Waals surface area contributed by atoms with Gasteiger partial charge in [0, 0.05) is 38.4 Å². The first kappa shape index (κ1) is 13.1. The second kappa shape index (κ2) is 5.52. The van der Waals surface area contributed by atoms with Gasteiger partial charge in [-0.2, -0.15) is 5.10 Å². The topological polar surface area (TPSA) is 41.4 Å². The molecule has 0 atom stereocenters. The zero-order valence-corrected chi connectivity index (χ0v) is 11.5. The van der Waals surface area contributed by atoms with Crippen molar-refractivity contribution in [1.29, 1.82) is 0 Å². The highest BCUT2D eigenvalue weighted by Gasteiger charge is 2.23. The molecule has 0 aliphatic carbocycles. The summed E-state index contributed by atoms with van der Waals surface area (Å²) in [7, 11) is 0. The Labute approximate surface area is 108 Å². The summed E-state index contributed by atoms with van der Waals surface area (Å²) in [5.74, 6) is 0.0704. The summed E-state index contributed by atoms with van der Waals surface area (Å²) in [6.45, 7) is 11.6. The van der Waals surface area contributed by atoms with Gasteiger partial charge in [-0.1, -0.05) is 6.92 Å². The summed E-state index contributed by atoms with van der Waals surface area (Å²) in [4.78, 5) is 16.6. The van der Waals surface area contributed by atoms with Gasteiger partial charge in [0.25, 0.3) is 5.91 Å². The van der Waals surface area contributed by atoms with E-state index in [0.29, 0.717) is 5.69 Å². The summed E-state index contributed by atoms with van der Waals surface area (Å²) in [5.41, 5.74) is 1.63. The molecule has 0 bridgehead atoms. The smallest absolute Gasteiger partial charge is 0.274 e. The predicted octanol–water partition coefficient (Wildman–Crippen LogP) is 0.989. The van der Waals surface area contributed by atoms with E-state index in [4.69, 9.17) is 0 Å². The molecule has 5 nitrogen and oxygen atoms in total. The molecule has 0 N–H and O–H groups in total. The maximum absolute atomic E-state index is 12.3. The van der Waals surface area contributed by atoms with Crippen LogP contribution in [0.15, 0.2) is 6.07 Å². The number of nitrogens with zero attached hydrogens (tertiary/aromatic N) is 4. The summed E-state index contributed by atoms with van der Waals surface area (Å²) in [6.07, 6.45) is 0. The molecule has 1 aliphatic heterocycles. The number of carbonyl (C=O) groups excluding carboxylic acids is 1. The first-order valence-electron chi connectivity index (χ1n) is 6.71. The molecule has 0 aromatic carbocycles. The lowest BCUT2D eigenvalue weighted by Crippen LogP contribution is -2.48. The third-order valence-corrected chi connectivity index (χ3v) is 3.61. The largest absolute Gasteiger partial charge is 0.335 e. The number of piperazine rings is 1. The fraction of sp³-hybridized carbons (Fsp3) is 0.692. The van der Waals surface area contributed by atoms with Gasteiger partial charge in [-0.15, -0.1) is 0 Å². The Morgan fingerprint density at radius 3 is 2.39 bits per heavy atom. The number of likely N-dealkylation sites (N-methyl/N-ethyl adjacent to an activating group) is 1. The highest BCUT2D eigenvalue weighted by molar-refractivity contribution is 5.92. The molecule has 0 radical (unpaired) electrons. The molecular formula is C13H22N4O. The fourth-order valence-electron chi connectivity index (χ4n) is 2.36. The van der Waals surface area contributed by atoms with Gasteiger partial charge in [-0.3, -0.25) is 9.48 Å². The third kappa shape index (κ3) is 2.56. The molecule has 1 amide bonds. The standard InChI is InChI=1S/C13H22N4O/c1-4-15-6-8-16(9-7-15)13(18)12-10-11(3)17(5-2)14-12/h10H,4-9H2,1-3H3. The van der Waals surface area contributed by atoms with Gasteiger partial charge in [0.1, 0.15) is 0 Å². The Balaban J connectivity index is 2.03. The Kier molecular flexibility index (Phi) is 4.01. The van der Waals surface area contributed by atoms with Crippen LogP contribution < -0.4 is 0 Å². The van der Waals surface area contributed by atoms with Crippen LogP contribution in [0, 0.1) is 6.92 Å². The number of hydrogen-bond donors (Lipinski definition) is 0. The molecule has 0 saturated carbocycles. The summed E-state index contributed by atoms with van der Waals surface area (Å²) in [5, 5.41) is 4.35. The SMILES string of the molecule is CCN1CCN(C(=O)c2cc(C)n(CC)n2)CC1. The van der Waals surface area contributed by atoms with Crippen molar-refractivity contribution in [1.82, 2.24) is 19.6 Å². The van der Waals surface area contributed by atoms with E-state index < -0.39 is 0 Å². The van der Waals surface area contributed by atoms with Crippen molar-refractivity contribution in [2.45, 2.75) is 27.3 Å². The maximum Gasteiger partial charge on any atom is 0.274 e. The molecule has 1 aliphatic rings. The van der Waals surface area contributed by atoms with E-state index in [1.807, 2.05) is 29.5 Å². The number of aromatic nitrogens is 2. The van der Waals surface area contributed by atoms with Crippen molar-refractivity contribution in [3.05, 3.63) is 17.5 Å². The Morgan fingerprint density at radius 2 is 1.89 bits per heavy atom. The number of hydrogen-bond acceptors (Lipinski definition) is 3. The Hall–Kier alpha value is -1.36. The first-order valence-corrected chi connectivity index (χ1v) is 6.71. The molecule has 100 valence electrons. The first-order chi connectivity index (χ1) is 8.65. The van der Waals surface area contributed by atoms with Crippen LogP contribution in [0.2, 0.25) is 0 Å². The predicted molar refractivity (Wildman–Crippen MR) is 70.7 cm³/mol. The quantitative estimate of drug-likeness (QED) is 0.803. The summed E-state index contributed by atoms with van der Waals surface area (Å²) in [6, 6.07) is 1.89. The van der Waals surface area contributed by atoms with Crippen molar-refractivity contribution in [3.8, 4) is 0 Å². The van der Waals surface area contributed by atoms with Crippen molar-refractivity contribution in [3.63, 3.8) is 0 Å². The van der Waals surface area contributed by atoms with Gasteiger partial charge in [0.05, 0.1) is 0 Å². The van der Waals surface area contributed by atoms with Gasteiger partial charge in [-0.25, -0.2) is 0 Å². The van der Waals surface area contributed by atoms with E-state index in [1.165, 1.54) is 0 Å². The van der Waals surface area contributed by atoms with E-state index in [9.17, 15) is 4.79 Å². The molecule has 1 aromatic heterocycles. The van der Waals surface area contributed by atoms with E-state index in [2.05, 4.69) is 16.9 Å². The molecule has 2 rings (SSSR count). The van der Waals surface area contributed by atoms with E-state index in [1.54, 1.807) is 0 Å². The van der Waals surface area contributed by atoms with Crippen LogP contribution in [-0.2, 0) is 6.54 Å². The molecule has 18 heavy (non-hydrogen) atoms. The molecule has 5 heteroatoms. The summed E-state index contributed by atoms with van der Waals surface area (Å²) >= 11 is 0. The molecule has 1 fully saturated rings. The molecule has 2 heterocycles. The van der Waals surface area contributed by atoms with Crippen molar-refractivity contribution < 1.29 is 4.79 Å². The van der Waals surface area contributed by atoms with E-state index >= 15 is 0 Å². The zero-order valence-electron chi connectivity index (χ0n) is 11.5. The van der Waals surface area contributed by atoms with Gasteiger partial charge in [-0.05, 0) is 26.5 Å². The van der Waals surface area contributed by atoms with Gasteiger partial charge in [0.2, 0.25) is 0 Å². The third-order valence-electron chi connectivity index (χ3n) is 3.61. The number of aryl methyl sites for hydroxylation is 2. The minimum Gasteiger partial charge on any atom is -0.335 e. The lowest BCUT2D eigenvalue weighted by Gasteiger charge is -2.33. The number of amides is 1. The second-order valence-electron chi connectivity index (χ2n) is 4.71. The van der Waals surface area contributed by atoms with Crippen LogP contribution in [0.3, 0.4) is 0 Å². The van der Waals surface area contributed by atoms with E-state index in [-0.39, 0.29) is 5.91 Å². The lowest BCUT2D eigenvalue weighted by atomic mass is 10.2. The monoisotopic (exact) mass is 250 g/mol. The van der Waals surface area contributed by atoms with Crippen LogP contribution in [0.1, 0.15) is 30.0 Å². The molecule has 1 aromatic rings. The average Bonchev–Trinajstić information content (AvgIpc) is 2.79.